The molecule has 0 fully saturated rings. The van der Waals surface area contributed by atoms with Crippen LogP contribution in [-0.2, 0) is 0 Å². The standard InChI is InChI=1S/C14H10BrFOS/c1-9-2-7-14(18-9)13(17)6-3-10-8-11(15)4-5-12(10)16/h2-8H,1H3/b6-3+. The average molecular weight is 325 g/mol. The summed E-state index contributed by atoms with van der Waals surface area (Å²) in [4.78, 5) is 13.6. The molecule has 0 saturated heterocycles. The lowest BCUT2D eigenvalue weighted by molar-refractivity contribution is 0.105. The molecule has 1 heterocycles. The summed E-state index contributed by atoms with van der Waals surface area (Å²) >= 11 is 4.70. The lowest BCUT2D eigenvalue weighted by Gasteiger charge is -1.97. The largest absolute Gasteiger partial charge is 0.288 e. The topological polar surface area (TPSA) is 17.1 Å². The molecule has 0 aliphatic heterocycles. The Morgan fingerprint density at radius 2 is 2.11 bits per heavy atom. The molecule has 0 bridgehead atoms. The first-order valence-corrected chi connectivity index (χ1v) is 6.91. The fourth-order valence-corrected chi connectivity index (χ4v) is 2.62. The Hall–Kier alpha value is -1.26. The zero-order valence-electron chi connectivity index (χ0n) is 9.61. The molecule has 1 aromatic carbocycles. The number of aryl methyl sites for hydroxylation is 1. The second-order valence-electron chi connectivity index (χ2n) is 3.77. The molecule has 2 rings (SSSR count). The number of ketones is 1. The Bertz CT molecular complexity index is 616. The minimum Gasteiger partial charge on any atom is -0.288 e. The highest BCUT2D eigenvalue weighted by Crippen LogP contribution is 2.19. The molecule has 0 saturated carbocycles. The van der Waals surface area contributed by atoms with Crippen molar-refractivity contribution in [3.8, 4) is 0 Å². The number of halogens is 2. The smallest absolute Gasteiger partial charge is 0.195 e. The Kier molecular flexibility index (Phi) is 4.09. The van der Waals surface area contributed by atoms with Crippen molar-refractivity contribution in [2.24, 2.45) is 0 Å². The highest BCUT2D eigenvalue weighted by molar-refractivity contribution is 9.10. The summed E-state index contributed by atoms with van der Waals surface area (Å²) in [6.07, 6.45) is 2.90. The van der Waals surface area contributed by atoms with E-state index in [2.05, 4.69) is 15.9 Å². The first kappa shape index (κ1) is 13.2. The van der Waals surface area contributed by atoms with Gasteiger partial charge in [-0.3, -0.25) is 4.79 Å². The van der Waals surface area contributed by atoms with E-state index in [1.54, 1.807) is 18.2 Å². The van der Waals surface area contributed by atoms with E-state index in [9.17, 15) is 9.18 Å². The highest BCUT2D eigenvalue weighted by atomic mass is 79.9. The second kappa shape index (κ2) is 5.59. The van der Waals surface area contributed by atoms with Gasteiger partial charge >= 0.3 is 0 Å². The van der Waals surface area contributed by atoms with Crippen LogP contribution in [0.2, 0.25) is 0 Å². The number of rotatable bonds is 3. The molecule has 92 valence electrons. The molecule has 0 aliphatic rings. The van der Waals surface area contributed by atoms with Crippen molar-refractivity contribution in [3.05, 3.63) is 62.0 Å². The molecule has 4 heteroatoms. The third-order valence-corrected chi connectivity index (χ3v) is 3.86. The van der Waals surface area contributed by atoms with Crippen molar-refractivity contribution in [3.63, 3.8) is 0 Å². The Morgan fingerprint density at radius 1 is 1.33 bits per heavy atom. The lowest BCUT2D eigenvalue weighted by atomic mass is 10.2. The zero-order valence-corrected chi connectivity index (χ0v) is 12.0. The van der Waals surface area contributed by atoms with Gasteiger partial charge in [0.15, 0.2) is 5.78 Å². The molecular formula is C14H10BrFOS. The zero-order chi connectivity index (χ0) is 13.1. The summed E-state index contributed by atoms with van der Waals surface area (Å²) in [5.41, 5.74) is 0.394. The number of benzene rings is 1. The van der Waals surface area contributed by atoms with Crippen LogP contribution < -0.4 is 0 Å². The van der Waals surface area contributed by atoms with E-state index in [1.165, 1.54) is 29.6 Å². The molecule has 0 N–H and O–H groups in total. The van der Waals surface area contributed by atoms with Crippen molar-refractivity contribution in [1.82, 2.24) is 0 Å². The SMILES string of the molecule is Cc1ccc(C(=O)/C=C/c2cc(Br)ccc2F)s1. The molecule has 1 aromatic heterocycles. The molecule has 0 unspecified atom stereocenters. The molecule has 0 atom stereocenters. The van der Waals surface area contributed by atoms with Crippen LogP contribution in [0.5, 0.6) is 0 Å². The average Bonchev–Trinajstić information content (AvgIpc) is 2.77. The summed E-state index contributed by atoms with van der Waals surface area (Å²) in [6, 6.07) is 8.30. The van der Waals surface area contributed by atoms with E-state index in [1.807, 2.05) is 13.0 Å². The maximum absolute atomic E-state index is 13.4. The van der Waals surface area contributed by atoms with Gasteiger partial charge < -0.3 is 0 Å². The van der Waals surface area contributed by atoms with Crippen LogP contribution in [0.15, 0.2) is 40.9 Å². The van der Waals surface area contributed by atoms with Crippen molar-refractivity contribution in [1.29, 1.82) is 0 Å². The van der Waals surface area contributed by atoms with Gasteiger partial charge in [-0.05, 0) is 49.4 Å². The Balaban J connectivity index is 2.20. The van der Waals surface area contributed by atoms with Gasteiger partial charge in [-0.2, -0.15) is 0 Å². The maximum atomic E-state index is 13.4. The summed E-state index contributed by atoms with van der Waals surface area (Å²) in [5.74, 6) is -0.447. The van der Waals surface area contributed by atoms with Crippen LogP contribution in [0.4, 0.5) is 4.39 Å². The fourth-order valence-electron chi connectivity index (χ4n) is 1.46. The third kappa shape index (κ3) is 3.15. The monoisotopic (exact) mass is 324 g/mol. The number of allylic oxidation sites excluding steroid dienone is 1. The van der Waals surface area contributed by atoms with E-state index < -0.39 is 0 Å². The number of hydrogen-bond acceptors (Lipinski definition) is 2. The van der Waals surface area contributed by atoms with Gasteiger partial charge in [0, 0.05) is 14.9 Å². The number of carbonyl (C=O) groups is 1. The van der Waals surface area contributed by atoms with Crippen molar-refractivity contribution in [2.45, 2.75) is 6.92 Å². The van der Waals surface area contributed by atoms with Crippen LogP contribution in [0.3, 0.4) is 0 Å². The van der Waals surface area contributed by atoms with E-state index in [0.717, 1.165) is 9.35 Å². The quantitative estimate of drug-likeness (QED) is 0.582. The first-order chi connectivity index (χ1) is 8.56. The normalized spacial score (nSPS) is 11.1. The summed E-state index contributed by atoms with van der Waals surface area (Å²) in [5, 5.41) is 0. The predicted octanol–water partition coefficient (Wildman–Crippen LogP) is 4.85. The van der Waals surface area contributed by atoms with Gasteiger partial charge in [-0.15, -0.1) is 11.3 Å². The van der Waals surface area contributed by atoms with Crippen LogP contribution in [0.25, 0.3) is 6.08 Å². The fraction of sp³-hybridized carbons (Fsp3) is 0.0714. The molecule has 0 aliphatic carbocycles. The van der Waals surface area contributed by atoms with Crippen LogP contribution in [0, 0.1) is 12.7 Å². The molecule has 18 heavy (non-hydrogen) atoms. The van der Waals surface area contributed by atoms with Crippen LogP contribution in [0.1, 0.15) is 20.1 Å². The van der Waals surface area contributed by atoms with Crippen molar-refractivity contribution in [2.75, 3.05) is 0 Å². The van der Waals surface area contributed by atoms with E-state index in [-0.39, 0.29) is 11.6 Å². The predicted molar refractivity (Wildman–Crippen MR) is 76.5 cm³/mol. The number of hydrogen-bond donors (Lipinski definition) is 0. The molecule has 0 spiro atoms. The Morgan fingerprint density at radius 3 is 2.78 bits per heavy atom. The van der Waals surface area contributed by atoms with E-state index >= 15 is 0 Å². The van der Waals surface area contributed by atoms with E-state index in [0.29, 0.717) is 10.4 Å². The minimum absolute atomic E-state index is 0.104. The van der Waals surface area contributed by atoms with E-state index in [4.69, 9.17) is 0 Å². The lowest BCUT2D eigenvalue weighted by Crippen LogP contribution is -1.89. The van der Waals surface area contributed by atoms with Crippen molar-refractivity contribution < 1.29 is 9.18 Å². The molecule has 0 amide bonds. The van der Waals surface area contributed by atoms with Crippen LogP contribution >= 0.6 is 27.3 Å². The number of carbonyl (C=O) groups excluding carboxylic acids is 1. The molecule has 0 radical (unpaired) electrons. The third-order valence-electron chi connectivity index (χ3n) is 2.36. The summed E-state index contributed by atoms with van der Waals surface area (Å²) in [7, 11) is 0. The maximum Gasteiger partial charge on any atom is 0.195 e. The second-order valence-corrected chi connectivity index (χ2v) is 5.98. The molecule has 2 aromatic rings. The van der Waals surface area contributed by atoms with Gasteiger partial charge in [0.05, 0.1) is 4.88 Å². The summed E-state index contributed by atoms with van der Waals surface area (Å²) < 4.78 is 14.2. The van der Waals surface area contributed by atoms with Crippen LogP contribution in [-0.4, -0.2) is 5.78 Å². The highest BCUT2D eigenvalue weighted by Gasteiger charge is 2.05. The van der Waals surface area contributed by atoms with Gasteiger partial charge in [0.1, 0.15) is 5.82 Å². The van der Waals surface area contributed by atoms with Gasteiger partial charge in [-0.1, -0.05) is 15.9 Å². The molecule has 1 nitrogen and oxygen atoms in total. The first-order valence-electron chi connectivity index (χ1n) is 5.30. The van der Waals surface area contributed by atoms with Gasteiger partial charge in [0.2, 0.25) is 0 Å². The molecular weight excluding hydrogens is 315 g/mol. The number of thiophene rings is 1. The Labute approximate surface area is 117 Å². The van der Waals surface area contributed by atoms with Crippen molar-refractivity contribution >= 4 is 39.1 Å². The van der Waals surface area contributed by atoms with Gasteiger partial charge in [-0.25, -0.2) is 4.39 Å². The van der Waals surface area contributed by atoms with Gasteiger partial charge in [0.25, 0.3) is 0 Å². The minimum atomic E-state index is -0.343. The summed E-state index contributed by atoms with van der Waals surface area (Å²) in [6.45, 7) is 1.94.